The quantitative estimate of drug-likeness (QED) is 0.231. The first-order valence-corrected chi connectivity index (χ1v) is 10.6. The van der Waals surface area contributed by atoms with Gasteiger partial charge in [0.25, 0.3) is 0 Å². The molecule has 1 fully saturated rings. The summed E-state index contributed by atoms with van der Waals surface area (Å²) in [6.45, 7) is 6.08. The summed E-state index contributed by atoms with van der Waals surface area (Å²) in [6.07, 6.45) is -2.34. The second-order valence-corrected chi connectivity index (χ2v) is 7.68. The van der Waals surface area contributed by atoms with Crippen molar-refractivity contribution in [3.63, 3.8) is 0 Å². The Labute approximate surface area is 191 Å². The molecule has 1 aliphatic rings. The monoisotopic (exact) mass is 547 g/mol. The van der Waals surface area contributed by atoms with Crippen LogP contribution in [0.2, 0.25) is 0 Å². The number of aromatic nitrogens is 4. The Hall–Kier alpha value is -2.55. The normalized spacial score (nSPS) is 22.9. The van der Waals surface area contributed by atoms with E-state index in [0.717, 1.165) is 0 Å². The van der Waals surface area contributed by atoms with E-state index in [2.05, 4.69) is 20.3 Å². The number of imidazole rings is 1. The van der Waals surface area contributed by atoms with Gasteiger partial charge < -0.3 is 24.3 Å². The van der Waals surface area contributed by atoms with E-state index in [1.165, 1.54) is 27.1 Å². The van der Waals surface area contributed by atoms with Crippen LogP contribution in [0.4, 0.5) is 5.82 Å². The standard InChI is InChI=1S/C18H22IN5O7/c1-5-20-15-12-16(23-18(19)22-15)24(7-21-12)17-14(30-10(4)27)13(29-9(3)26)11(31-17)6-28-8(2)25/h7,11,13-14,17H,5-6H2,1-4H3,(H,20,22,23)/t11-,13+,14+,17+/m0/s1. The third kappa shape index (κ3) is 5.20. The van der Waals surface area contributed by atoms with Gasteiger partial charge in [0.1, 0.15) is 12.7 Å². The highest BCUT2D eigenvalue weighted by atomic mass is 127. The van der Waals surface area contributed by atoms with Gasteiger partial charge in [0, 0.05) is 49.9 Å². The van der Waals surface area contributed by atoms with Crippen LogP contribution in [0.3, 0.4) is 0 Å². The Morgan fingerprint density at radius 3 is 2.42 bits per heavy atom. The molecule has 1 N–H and O–H groups in total. The van der Waals surface area contributed by atoms with Crippen LogP contribution in [0.1, 0.15) is 33.9 Å². The molecule has 13 heteroatoms. The molecule has 0 bridgehead atoms. The zero-order valence-corrected chi connectivity index (χ0v) is 19.5. The summed E-state index contributed by atoms with van der Waals surface area (Å²) in [5, 5.41) is 3.13. The molecule has 1 saturated heterocycles. The van der Waals surface area contributed by atoms with Crippen molar-refractivity contribution < 1.29 is 33.3 Å². The molecule has 1 aliphatic heterocycles. The first kappa shape index (κ1) is 23.1. The third-order valence-corrected chi connectivity index (χ3v) is 4.84. The molecule has 0 saturated carbocycles. The minimum absolute atomic E-state index is 0.191. The molecule has 0 radical (unpaired) electrons. The van der Waals surface area contributed by atoms with Crippen LogP contribution in [-0.4, -0.2) is 68.9 Å². The van der Waals surface area contributed by atoms with Crippen molar-refractivity contribution >= 4 is 57.5 Å². The molecule has 4 atom stereocenters. The summed E-state index contributed by atoms with van der Waals surface area (Å²) in [4.78, 5) is 48.0. The van der Waals surface area contributed by atoms with Crippen molar-refractivity contribution in [3.8, 4) is 0 Å². The number of carbonyl (C=O) groups excluding carboxylic acids is 3. The number of nitrogens with one attached hydrogen (secondary N) is 1. The molecular formula is C18H22IN5O7. The van der Waals surface area contributed by atoms with E-state index in [9.17, 15) is 14.4 Å². The van der Waals surface area contributed by atoms with Gasteiger partial charge in [-0.3, -0.25) is 19.0 Å². The lowest BCUT2D eigenvalue weighted by Crippen LogP contribution is -2.40. The Morgan fingerprint density at radius 1 is 1.13 bits per heavy atom. The lowest BCUT2D eigenvalue weighted by molar-refractivity contribution is -0.166. The predicted molar refractivity (Wildman–Crippen MR) is 114 cm³/mol. The van der Waals surface area contributed by atoms with Crippen LogP contribution < -0.4 is 5.32 Å². The van der Waals surface area contributed by atoms with Crippen LogP contribution in [0, 0.1) is 3.83 Å². The average Bonchev–Trinajstić information content (AvgIpc) is 3.21. The smallest absolute Gasteiger partial charge is 0.303 e. The van der Waals surface area contributed by atoms with E-state index >= 15 is 0 Å². The molecule has 0 aliphatic carbocycles. The van der Waals surface area contributed by atoms with Crippen LogP contribution in [-0.2, 0) is 33.3 Å². The summed E-state index contributed by atoms with van der Waals surface area (Å²) in [7, 11) is 0. The fourth-order valence-corrected chi connectivity index (χ4v) is 3.75. The highest BCUT2D eigenvalue weighted by Gasteiger charge is 2.51. The fraction of sp³-hybridized carbons (Fsp3) is 0.556. The molecule has 2 aromatic heterocycles. The average molecular weight is 547 g/mol. The molecule has 168 valence electrons. The molecule has 0 spiro atoms. The van der Waals surface area contributed by atoms with Crippen LogP contribution in [0.25, 0.3) is 11.2 Å². The molecule has 2 aromatic rings. The van der Waals surface area contributed by atoms with E-state index in [0.29, 0.717) is 27.4 Å². The van der Waals surface area contributed by atoms with E-state index in [4.69, 9.17) is 18.9 Å². The highest BCUT2D eigenvalue weighted by molar-refractivity contribution is 14.1. The lowest BCUT2D eigenvalue weighted by Gasteiger charge is -2.23. The maximum Gasteiger partial charge on any atom is 0.303 e. The molecule has 12 nitrogen and oxygen atoms in total. The Morgan fingerprint density at radius 2 is 1.81 bits per heavy atom. The SMILES string of the molecule is CCNc1nc(I)nc2c1ncn2[C@@H]1O[C@@H](COC(C)=O)[C@@H](OC(C)=O)[C@H]1OC(C)=O. The van der Waals surface area contributed by atoms with E-state index in [-0.39, 0.29) is 6.61 Å². The van der Waals surface area contributed by atoms with Crippen molar-refractivity contribution in [2.75, 3.05) is 18.5 Å². The van der Waals surface area contributed by atoms with Gasteiger partial charge in [-0.05, 0) is 6.92 Å². The number of anilines is 1. The van der Waals surface area contributed by atoms with Crippen molar-refractivity contribution in [2.45, 2.75) is 52.2 Å². The fourth-order valence-electron chi connectivity index (χ4n) is 3.28. The van der Waals surface area contributed by atoms with Gasteiger partial charge in [-0.1, -0.05) is 0 Å². The molecule has 0 amide bonds. The number of halogens is 1. The van der Waals surface area contributed by atoms with Crippen molar-refractivity contribution in [1.29, 1.82) is 0 Å². The summed E-state index contributed by atoms with van der Waals surface area (Å²) in [5.74, 6) is -1.17. The zero-order chi connectivity index (χ0) is 22.7. The number of ether oxygens (including phenoxy) is 4. The van der Waals surface area contributed by atoms with Crippen LogP contribution >= 0.6 is 22.6 Å². The topological polar surface area (TPSA) is 144 Å². The molecular weight excluding hydrogens is 525 g/mol. The lowest BCUT2D eigenvalue weighted by atomic mass is 10.1. The number of hydrogen-bond acceptors (Lipinski definition) is 11. The van der Waals surface area contributed by atoms with Crippen molar-refractivity contribution in [3.05, 3.63) is 10.2 Å². The van der Waals surface area contributed by atoms with Crippen LogP contribution in [0.15, 0.2) is 6.33 Å². The molecule has 3 rings (SSSR count). The van der Waals surface area contributed by atoms with Gasteiger partial charge >= 0.3 is 17.9 Å². The number of nitrogens with zero attached hydrogens (tertiary/aromatic N) is 4. The third-order valence-electron chi connectivity index (χ3n) is 4.35. The first-order chi connectivity index (χ1) is 14.7. The van der Waals surface area contributed by atoms with Gasteiger partial charge in [-0.2, -0.15) is 0 Å². The zero-order valence-electron chi connectivity index (χ0n) is 17.3. The Balaban J connectivity index is 2.05. The summed E-state index contributed by atoms with van der Waals surface area (Å²) < 4.78 is 24.0. The van der Waals surface area contributed by atoms with E-state index in [1.807, 2.05) is 29.5 Å². The second-order valence-electron chi connectivity index (χ2n) is 6.71. The molecule has 3 heterocycles. The number of rotatable bonds is 7. The Bertz CT molecular complexity index is 997. The minimum Gasteiger partial charge on any atom is -0.463 e. The van der Waals surface area contributed by atoms with Crippen LogP contribution in [0.5, 0.6) is 0 Å². The summed E-state index contributed by atoms with van der Waals surface area (Å²) in [5.41, 5.74) is 0.937. The first-order valence-electron chi connectivity index (χ1n) is 9.48. The van der Waals surface area contributed by atoms with Gasteiger partial charge in [-0.25, -0.2) is 15.0 Å². The van der Waals surface area contributed by atoms with E-state index < -0.39 is 42.4 Å². The predicted octanol–water partition coefficient (Wildman–Crippen LogP) is 1.19. The largest absolute Gasteiger partial charge is 0.463 e. The minimum atomic E-state index is -1.02. The Kier molecular flexibility index (Phi) is 7.25. The van der Waals surface area contributed by atoms with Gasteiger partial charge in [0.15, 0.2) is 39.2 Å². The maximum absolute atomic E-state index is 11.8. The number of carbonyl (C=O) groups is 3. The van der Waals surface area contributed by atoms with Crippen molar-refractivity contribution in [2.24, 2.45) is 0 Å². The van der Waals surface area contributed by atoms with E-state index in [1.54, 1.807) is 4.57 Å². The number of esters is 3. The van der Waals surface area contributed by atoms with Gasteiger partial charge in [0.2, 0.25) is 0 Å². The number of hydrogen-bond donors (Lipinski definition) is 1. The van der Waals surface area contributed by atoms with Gasteiger partial charge in [-0.15, -0.1) is 0 Å². The molecule has 0 aromatic carbocycles. The summed E-state index contributed by atoms with van der Waals surface area (Å²) >= 11 is 1.98. The molecule has 0 unspecified atom stereocenters. The highest BCUT2D eigenvalue weighted by Crippen LogP contribution is 2.36. The van der Waals surface area contributed by atoms with Gasteiger partial charge in [0.05, 0.1) is 6.33 Å². The molecule has 31 heavy (non-hydrogen) atoms. The van der Waals surface area contributed by atoms with Crippen molar-refractivity contribution in [1.82, 2.24) is 19.5 Å². The number of fused-ring (bicyclic) bond motifs is 1. The second kappa shape index (κ2) is 9.72. The summed E-state index contributed by atoms with van der Waals surface area (Å²) in [6, 6.07) is 0. The maximum atomic E-state index is 11.8.